The monoisotopic (exact) mass is 292 g/mol. The maximum absolute atomic E-state index is 13.2. The van der Waals surface area contributed by atoms with Crippen LogP contribution in [0.5, 0.6) is 0 Å². The van der Waals surface area contributed by atoms with Crippen molar-refractivity contribution in [2.24, 2.45) is 0 Å². The van der Waals surface area contributed by atoms with Gasteiger partial charge in [0.2, 0.25) is 5.91 Å². The minimum atomic E-state index is -0.517. The second kappa shape index (κ2) is 8.02. The van der Waals surface area contributed by atoms with Crippen LogP contribution in [0.4, 0.5) is 4.39 Å². The molecule has 0 aliphatic carbocycles. The average Bonchev–Trinajstić information content (AvgIpc) is 2.44. The summed E-state index contributed by atoms with van der Waals surface area (Å²) >= 11 is 0. The predicted molar refractivity (Wildman–Crippen MR) is 76.0 cm³/mol. The highest BCUT2D eigenvalue weighted by Gasteiger charge is 2.12. The van der Waals surface area contributed by atoms with Gasteiger partial charge >= 0.3 is 0 Å². The lowest BCUT2D eigenvalue weighted by Gasteiger charge is -2.11. The van der Waals surface area contributed by atoms with Gasteiger partial charge in [0, 0.05) is 32.6 Å². The van der Waals surface area contributed by atoms with Crippen molar-refractivity contribution in [1.82, 2.24) is 10.2 Å². The Kier molecular flexibility index (Phi) is 6.37. The Morgan fingerprint density at radius 2 is 2.10 bits per heavy atom. The fourth-order valence-corrected chi connectivity index (χ4v) is 1.55. The Morgan fingerprint density at radius 1 is 1.38 bits per heavy atom. The van der Waals surface area contributed by atoms with Gasteiger partial charge in [0.15, 0.2) is 0 Å². The number of benzene rings is 1. The van der Waals surface area contributed by atoms with Crippen molar-refractivity contribution in [3.8, 4) is 11.8 Å². The molecule has 2 amide bonds. The standard InChI is InChI=1S/C15H17FN2O3/c1-18(2)14(20)7-8-17-15(21)13-6-5-12(16)10-11(13)4-3-9-19/h5-6,10,19H,7-9H2,1-2H3,(H,17,21). The summed E-state index contributed by atoms with van der Waals surface area (Å²) in [6, 6.07) is 3.60. The van der Waals surface area contributed by atoms with Gasteiger partial charge in [-0.15, -0.1) is 0 Å². The first-order valence-electron chi connectivity index (χ1n) is 6.33. The van der Waals surface area contributed by atoms with E-state index in [1.54, 1.807) is 14.1 Å². The van der Waals surface area contributed by atoms with Crippen LogP contribution in [-0.4, -0.2) is 49.1 Å². The Balaban J connectivity index is 2.76. The van der Waals surface area contributed by atoms with E-state index in [0.29, 0.717) is 0 Å². The Bertz CT molecular complexity index is 588. The van der Waals surface area contributed by atoms with E-state index in [4.69, 9.17) is 5.11 Å². The molecule has 0 unspecified atom stereocenters. The number of aliphatic hydroxyl groups is 1. The summed E-state index contributed by atoms with van der Waals surface area (Å²) in [5.41, 5.74) is 0.398. The fraction of sp³-hybridized carbons (Fsp3) is 0.333. The molecule has 0 spiro atoms. The average molecular weight is 292 g/mol. The van der Waals surface area contributed by atoms with Crippen LogP contribution in [0.25, 0.3) is 0 Å². The fourth-order valence-electron chi connectivity index (χ4n) is 1.55. The number of hydrogen-bond donors (Lipinski definition) is 2. The van der Waals surface area contributed by atoms with Gasteiger partial charge in [-0.05, 0) is 18.2 Å². The van der Waals surface area contributed by atoms with Crippen molar-refractivity contribution >= 4 is 11.8 Å². The quantitative estimate of drug-likeness (QED) is 0.788. The van der Waals surface area contributed by atoms with Crippen LogP contribution in [0, 0.1) is 17.7 Å². The maximum Gasteiger partial charge on any atom is 0.252 e. The molecule has 112 valence electrons. The summed E-state index contributed by atoms with van der Waals surface area (Å²) < 4.78 is 13.2. The number of halogens is 1. The third kappa shape index (κ3) is 5.24. The molecular formula is C15H17FN2O3. The zero-order chi connectivity index (χ0) is 15.8. The minimum Gasteiger partial charge on any atom is -0.384 e. The molecule has 0 aromatic heterocycles. The highest BCUT2D eigenvalue weighted by atomic mass is 19.1. The molecule has 0 fully saturated rings. The lowest BCUT2D eigenvalue weighted by atomic mass is 10.1. The third-order valence-corrected chi connectivity index (χ3v) is 2.65. The van der Waals surface area contributed by atoms with E-state index in [-0.39, 0.29) is 36.6 Å². The van der Waals surface area contributed by atoms with Crippen LogP contribution in [0.2, 0.25) is 0 Å². The van der Waals surface area contributed by atoms with Gasteiger partial charge in [-0.3, -0.25) is 9.59 Å². The van der Waals surface area contributed by atoms with Crippen molar-refractivity contribution < 1.29 is 19.1 Å². The largest absolute Gasteiger partial charge is 0.384 e. The highest BCUT2D eigenvalue weighted by molar-refractivity contribution is 5.96. The highest BCUT2D eigenvalue weighted by Crippen LogP contribution is 2.10. The zero-order valence-electron chi connectivity index (χ0n) is 11.9. The van der Waals surface area contributed by atoms with E-state index in [9.17, 15) is 14.0 Å². The summed E-state index contributed by atoms with van der Waals surface area (Å²) in [6.45, 7) is -0.199. The summed E-state index contributed by atoms with van der Waals surface area (Å²) in [6.07, 6.45) is 0.178. The molecular weight excluding hydrogens is 275 g/mol. The van der Waals surface area contributed by atoms with Crippen molar-refractivity contribution in [3.63, 3.8) is 0 Å². The molecule has 0 radical (unpaired) electrons. The van der Waals surface area contributed by atoms with Crippen LogP contribution in [-0.2, 0) is 4.79 Å². The Morgan fingerprint density at radius 3 is 2.71 bits per heavy atom. The van der Waals surface area contributed by atoms with Gasteiger partial charge in [0.1, 0.15) is 12.4 Å². The molecule has 0 aliphatic heterocycles. The summed E-state index contributed by atoms with van der Waals surface area (Å²) in [5.74, 6) is 3.84. The number of aliphatic hydroxyl groups excluding tert-OH is 1. The Hall–Kier alpha value is -2.39. The van der Waals surface area contributed by atoms with E-state index in [2.05, 4.69) is 17.2 Å². The molecule has 0 saturated heterocycles. The van der Waals surface area contributed by atoms with Crippen LogP contribution in [0.3, 0.4) is 0 Å². The van der Waals surface area contributed by atoms with Crippen LogP contribution in [0.1, 0.15) is 22.3 Å². The number of nitrogens with zero attached hydrogens (tertiary/aromatic N) is 1. The number of carbonyl (C=O) groups excluding carboxylic acids is 2. The molecule has 21 heavy (non-hydrogen) atoms. The molecule has 0 atom stereocenters. The summed E-state index contributed by atoms with van der Waals surface area (Å²) in [7, 11) is 3.26. The lowest BCUT2D eigenvalue weighted by molar-refractivity contribution is -0.128. The first-order chi connectivity index (χ1) is 9.95. The van der Waals surface area contributed by atoms with Gasteiger partial charge in [-0.25, -0.2) is 4.39 Å². The second-order valence-corrected chi connectivity index (χ2v) is 4.44. The molecule has 1 aromatic carbocycles. The van der Waals surface area contributed by atoms with E-state index < -0.39 is 11.7 Å². The number of rotatable bonds is 4. The van der Waals surface area contributed by atoms with E-state index in [1.165, 1.54) is 11.0 Å². The molecule has 5 nitrogen and oxygen atoms in total. The molecule has 0 aliphatic rings. The third-order valence-electron chi connectivity index (χ3n) is 2.65. The van der Waals surface area contributed by atoms with Gasteiger partial charge in [-0.2, -0.15) is 0 Å². The SMILES string of the molecule is CN(C)C(=O)CCNC(=O)c1ccc(F)cc1C#CCO. The molecule has 6 heteroatoms. The number of carbonyl (C=O) groups is 2. The molecule has 0 heterocycles. The number of nitrogens with one attached hydrogen (secondary N) is 1. The van der Waals surface area contributed by atoms with Crippen LogP contribution in [0.15, 0.2) is 18.2 Å². The zero-order valence-corrected chi connectivity index (χ0v) is 11.9. The van der Waals surface area contributed by atoms with Crippen molar-refractivity contribution in [2.75, 3.05) is 27.2 Å². The summed E-state index contributed by atoms with van der Waals surface area (Å²) in [4.78, 5) is 24.8. The van der Waals surface area contributed by atoms with Gasteiger partial charge < -0.3 is 15.3 Å². The van der Waals surface area contributed by atoms with Gasteiger partial charge in [0.05, 0.1) is 5.56 Å². The van der Waals surface area contributed by atoms with E-state index in [0.717, 1.165) is 12.1 Å². The minimum absolute atomic E-state index is 0.102. The van der Waals surface area contributed by atoms with E-state index >= 15 is 0 Å². The first-order valence-corrected chi connectivity index (χ1v) is 6.33. The maximum atomic E-state index is 13.2. The predicted octanol–water partition coefficient (Wildman–Crippen LogP) is 0.378. The number of hydrogen-bond acceptors (Lipinski definition) is 3. The Labute approximate surface area is 122 Å². The molecule has 0 bridgehead atoms. The normalized spacial score (nSPS) is 9.52. The summed E-state index contributed by atoms with van der Waals surface area (Å²) in [5, 5.41) is 11.3. The smallest absolute Gasteiger partial charge is 0.252 e. The van der Waals surface area contributed by atoms with Gasteiger partial charge in [-0.1, -0.05) is 11.8 Å². The first kappa shape index (κ1) is 16.7. The molecule has 0 saturated carbocycles. The molecule has 1 rings (SSSR count). The van der Waals surface area contributed by atoms with Gasteiger partial charge in [0.25, 0.3) is 5.91 Å². The second-order valence-electron chi connectivity index (χ2n) is 4.44. The number of amides is 2. The van der Waals surface area contributed by atoms with Crippen molar-refractivity contribution in [1.29, 1.82) is 0 Å². The van der Waals surface area contributed by atoms with Crippen LogP contribution >= 0.6 is 0 Å². The van der Waals surface area contributed by atoms with E-state index in [1.807, 2.05) is 0 Å². The molecule has 2 N–H and O–H groups in total. The lowest BCUT2D eigenvalue weighted by Crippen LogP contribution is -2.30. The van der Waals surface area contributed by atoms with Crippen LogP contribution < -0.4 is 5.32 Å². The molecule has 1 aromatic rings. The van der Waals surface area contributed by atoms with Crippen molar-refractivity contribution in [2.45, 2.75) is 6.42 Å². The van der Waals surface area contributed by atoms with Crippen molar-refractivity contribution in [3.05, 3.63) is 35.1 Å². The topological polar surface area (TPSA) is 69.6 Å².